The molecule has 1 aromatic carbocycles. The van der Waals surface area contributed by atoms with Gasteiger partial charge in [0.2, 0.25) is 10.0 Å². The molecular formula is C14H22N2O4S. The standard InChI is InChI=1S/C14H22N2O4S/c1-5-15-21(19,20)11-8-6-10(7-9-11)16-12(13(17)18)14(2,3)4/h6-9,12,15-16H,5H2,1-4H3,(H,17,18). The lowest BCUT2D eigenvalue weighted by Gasteiger charge is -2.28. The fourth-order valence-corrected chi connectivity index (χ4v) is 2.86. The number of sulfonamides is 1. The predicted molar refractivity (Wildman–Crippen MR) is 81.8 cm³/mol. The lowest BCUT2D eigenvalue weighted by Crippen LogP contribution is -2.41. The van der Waals surface area contributed by atoms with E-state index in [0.29, 0.717) is 12.2 Å². The molecule has 0 spiro atoms. The van der Waals surface area contributed by atoms with Gasteiger partial charge in [-0.1, -0.05) is 27.7 Å². The zero-order valence-corrected chi connectivity index (χ0v) is 13.5. The van der Waals surface area contributed by atoms with Crippen molar-refractivity contribution in [3.63, 3.8) is 0 Å². The van der Waals surface area contributed by atoms with E-state index in [4.69, 9.17) is 0 Å². The Morgan fingerprint density at radius 3 is 2.14 bits per heavy atom. The van der Waals surface area contributed by atoms with Gasteiger partial charge >= 0.3 is 5.97 Å². The van der Waals surface area contributed by atoms with Crippen molar-refractivity contribution in [3.05, 3.63) is 24.3 Å². The third-order valence-corrected chi connectivity index (χ3v) is 4.48. The summed E-state index contributed by atoms with van der Waals surface area (Å²) in [7, 11) is -3.49. The predicted octanol–water partition coefficient (Wildman–Crippen LogP) is 1.90. The van der Waals surface area contributed by atoms with Gasteiger partial charge in [-0.25, -0.2) is 17.9 Å². The van der Waals surface area contributed by atoms with E-state index in [1.807, 2.05) is 20.8 Å². The van der Waals surface area contributed by atoms with Crippen molar-refractivity contribution in [2.45, 2.75) is 38.6 Å². The molecule has 0 fully saturated rings. The third-order valence-electron chi connectivity index (χ3n) is 2.92. The summed E-state index contributed by atoms with van der Waals surface area (Å²) in [5.74, 6) is -0.952. The van der Waals surface area contributed by atoms with Gasteiger partial charge in [0.05, 0.1) is 4.90 Å². The van der Waals surface area contributed by atoms with Crippen LogP contribution < -0.4 is 10.0 Å². The van der Waals surface area contributed by atoms with Crippen LogP contribution in [0, 0.1) is 5.41 Å². The molecule has 1 atom stereocenters. The molecule has 0 aliphatic heterocycles. The highest BCUT2D eigenvalue weighted by Crippen LogP contribution is 2.24. The number of hydrogen-bond donors (Lipinski definition) is 3. The summed E-state index contributed by atoms with van der Waals surface area (Å²) in [4.78, 5) is 11.4. The largest absolute Gasteiger partial charge is 0.480 e. The molecule has 1 rings (SSSR count). The molecule has 1 aromatic rings. The van der Waals surface area contributed by atoms with Gasteiger partial charge in [0.1, 0.15) is 6.04 Å². The van der Waals surface area contributed by atoms with Crippen LogP contribution in [0.25, 0.3) is 0 Å². The highest BCUT2D eigenvalue weighted by Gasteiger charge is 2.31. The molecule has 0 heterocycles. The second-order valence-corrected chi connectivity index (χ2v) is 7.57. The lowest BCUT2D eigenvalue weighted by molar-refractivity contribution is -0.140. The smallest absolute Gasteiger partial charge is 0.326 e. The van der Waals surface area contributed by atoms with Gasteiger partial charge < -0.3 is 10.4 Å². The first-order valence-corrected chi connectivity index (χ1v) is 8.15. The number of benzene rings is 1. The molecular weight excluding hydrogens is 292 g/mol. The normalized spacial score (nSPS) is 13.7. The quantitative estimate of drug-likeness (QED) is 0.745. The van der Waals surface area contributed by atoms with Crippen molar-refractivity contribution >= 4 is 21.7 Å². The Morgan fingerprint density at radius 1 is 1.24 bits per heavy atom. The second-order valence-electron chi connectivity index (χ2n) is 5.81. The maximum Gasteiger partial charge on any atom is 0.326 e. The number of anilines is 1. The minimum Gasteiger partial charge on any atom is -0.480 e. The topological polar surface area (TPSA) is 95.5 Å². The second kappa shape index (κ2) is 6.44. The van der Waals surface area contributed by atoms with Gasteiger partial charge in [0.15, 0.2) is 0 Å². The highest BCUT2D eigenvalue weighted by atomic mass is 32.2. The number of nitrogens with one attached hydrogen (secondary N) is 2. The van der Waals surface area contributed by atoms with Crippen LogP contribution in [0.1, 0.15) is 27.7 Å². The van der Waals surface area contributed by atoms with Crippen LogP contribution in [-0.2, 0) is 14.8 Å². The van der Waals surface area contributed by atoms with Crippen LogP contribution in [0.4, 0.5) is 5.69 Å². The van der Waals surface area contributed by atoms with Gasteiger partial charge in [0.25, 0.3) is 0 Å². The molecule has 21 heavy (non-hydrogen) atoms. The number of rotatable bonds is 6. The first-order valence-electron chi connectivity index (χ1n) is 6.67. The Hall–Kier alpha value is -1.60. The molecule has 0 aliphatic carbocycles. The first-order chi connectivity index (χ1) is 9.58. The molecule has 0 radical (unpaired) electrons. The molecule has 3 N–H and O–H groups in total. The highest BCUT2D eigenvalue weighted by molar-refractivity contribution is 7.89. The fourth-order valence-electron chi connectivity index (χ4n) is 1.82. The summed E-state index contributed by atoms with van der Waals surface area (Å²) in [5, 5.41) is 12.2. The summed E-state index contributed by atoms with van der Waals surface area (Å²) >= 11 is 0. The zero-order valence-electron chi connectivity index (χ0n) is 12.7. The van der Waals surface area contributed by atoms with E-state index in [1.54, 1.807) is 19.1 Å². The lowest BCUT2D eigenvalue weighted by atomic mass is 9.86. The van der Waals surface area contributed by atoms with Crippen LogP contribution in [0.3, 0.4) is 0 Å². The molecule has 6 nitrogen and oxygen atoms in total. The monoisotopic (exact) mass is 314 g/mol. The number of carboxylic acid groups (broad SMARTS) is 1. The summed E-state index contributed by atoms with van der Waals surface area (Å²) in [6.45, 7) is 7.48. The van der Waals surface area contributed by atoms with Crippen LogP contribution in [0.5, 0.6) is 0 Å². The van der Waals surface area contributed by atoms with E-state index in [2.05, 4.69) is 10.0 Å². The van der Waals surface area contributed by atoms with Crippen LogP contribution >= 0.6 is 0 Å². The molecule has 7 heteroatoms. The number of aliphatic carboxylic acids is 1. The molecule has 0 bridgehead atoms. The first kappa shape index (κ1) is 17.5. The van der Waals surface area contributed by atoms with E-state index in [0.717, 1.165) is 0 Å². The van der Waals surface area contributed by atoms with Crippen molar-refractivity contribution in [1.29, 1.82) is 0 Å². The fraction of sp³-hybridized carbons (Fsp3) is 0.500. The van der Waals surface area contributed by atoms with E-state index >= 15 is 0 Å². The van der Waals surface area contributed by atoms with Gasteiger partial charge in [-0.05, 0) is 29.7 Å². The average Bonchev–Trinajstić information content (AvgIpc) is 2.34. The van der Waals surface area contributed by atoms with E-state index in [9.17, 15) is 18.3 Å². The summed E-state index contributed by atoms with van der Waals surface area (Å²) < 4.78 is 26.0. The Bertz CT molecular complexity index is 588. The van der Waals surface area contributed by atoms with E-state index in [1.165, 1.54) is 12.1 Å². The summed E-state index contributed by atoms with van der Waals surface area (Å²) in [5.41, 5.74) is 0.0909. The Morgan fingerprint density at radius 2 is 1.76 bits per heavy atom. The van der Waals surface area contributed by atoms with E-state index < -0.39 is 27.4 Å². The minimum atomic E-state index is -3.49. The van der Waals surface area contributed by atoms with Gasteiger partial charge in [-0.15, -0.1) is 0 Å². The van der Waals surface area contributed by atoms with Crippen LogP contribution in [0.2, 0.25) is 0 Å². The summed E-state index contributed by atoms with van der Waals surface area (Å²) in [6.07, 6.45) is 0. The van der Waals surface area contributed by atoms with Crippen LogP contribution in [-0.4, -0.2) is 32.1 Å². The summed E-state index contributed by atoms with van der Waals surface area (Å²) in [6, 6.07) is 5.25. The van der Waals surface area contributed by atoms with Crippen molar-refractivity contribution in [2.24, 2.45) is 5.41 Å². The van der Waals surface area contributed by atoms with Gasteiger partial charge in [0, 0.05) is 12.2 Å². The molecule has 0 saturated heterocycles. The maximum absolute atomic E-state index is 11.8. The van der Waals surface area contributed by atoms with Crippen molar-refractivity contribution in [3.8, 4) is 0 Å². The van der Waals surface area contributed by atoms with Crippen LogP contribution in [0.15, 0.2) is 29.2 Å². The van der Waals surface area contributed by atoms with Crippen molar-refractivity contribution in [1.82, 2.24) is 4.72 Å². The van der Waals surface area contributed by atoms with Crippen molar-refractivity contribution in [2.75, 3.05) is 11.9 Å². The molecule has 1 unspecified atom stereocenters. The zero-order chi connectivity index (χ0) is 16.3. The van der Waals surface area contributed by atoms with Crippen molar-refractivity contribution < 1.29 is 18.3 Å². The molecule has 0 saturated carbocycles. The van der Waals surface area contributed by atoms with E-state index in [-0.39, 0.29) is 4.90 Å². The Labute approximate surface area is 125 Å². The third kappa shape index (κ3) is 4.71. The number of carbonyl (C=O) groups is 1. The molecule has 0 aliphatic rings. The Kier molecular flexibility index (Phi) is 5.36. The minimum absolute atomic E-state index is 0.150. The maximum atomic E-state index is 11.8. The van der Waals surface area contributed by atoms with Gasteiger partial charge in [-0.2, -0.15) is 0 Å². The Balaban J connectivity index is 2.96. The number of hydrogen-bond acceptors (Lipinski definition) is 4. The average molecular weight is 314 g/mol. The molecule has 0 amide bonds. The number of carboxylic acids is 1. The SMILES string of the molecule is CCNS(=O)(=O)c1ccc(NC(C(=O)O)C(C)(C)C)cc1. The molecule has 0 aromatic heterocycles. The van der Waals surface area contributed by atoms with Gasteiger partial charge in [-0.3, -0.25) is 0 Å². The molecule has 118 valence electrons.